The minimum Gasteiger partial charge on any atom is -0.500 e. The van der Waals surface area contributed by atoms with E-state index in [0.717, 1.165) is 56.2 Å². The Morgan fingerprint density at radius 2 is 1.60 bits per heavy atom. The minimum atomic E-state index is -1.67. The van der Waals surface area contributed by atoms with Crippen LogP contribution >= 0.6 is 0 Å². The van der Waals surface area contributed by atoms with Crippen molar-refractivity contribution in [1.82, 2.24) is 15.0 Å². The number of fused-ring (bicyclic) bond motifs is 3. The number of benzene rings is 2. The molecule has 6 heteroatoms. The third-order valence-corrected chi connectivity index (χ3v) is 9.00. The van der Waals surface area contributed by atoms with Crippen molar-refractivity contribution in [1.29, 1.82) is 0 Å². The van der Waals surface area contributed by atoms with Gasteiger partial charge in [-0.3, -0.25) is 0 Å². The summed E-state index contributed by atoms with van der Waals surface area (Å²) in [6, 6.07) is 25.6. The summed E-state index contributed by atoms with van der Waals surface area (Å²) in [6.45, 7) is 17.9. The van der Waals surface area contributed by atoms with Crippen LogP contribution in [0.15, 0.2) is 83.5 Å². The Morgan fingerprint density at radius 3 is 2.28 bits per heavy atom. The summed E-state index contributed by atoms with van der Waals surface area (Å²) >= 11 is 0. The summed E-state index contributed by atoms with van der Waals surface area (Å²) in [7, 11) is -1.67. The monoisotopic (exact) mass is 762 g/mol. The first-order valence-corrected chi connectivity index (χ1v) is 18.0. The Hall–Kier alpha value is -3.44. The predicted molar refractivity (Wildman–Crippen MR) is 178 cm³/mol. The summed E-state index contributed by atoms with van der Waals surface area (Å²) in [6.07, 6.45) is 8.06. The van der Waals surface area contributed by atoms with Crippen LogP contribution in [0.4, 0.5) is 0 Å². The van der Waals surface area contributed by atoms with E-state index in [-0.39, 0.29) is 25.5 Å². The third kappa shape index (κ3) is 7.56. The van der Waals surface area contributed by atoms with Crippen molar-refractivity contribution in [3.63, 3.8) is 0 Å². The van der Waals surface area contributed by atoms with Crippen molar-refractivity contribution in [2.45, 2.75) is 60.7 Å². The van der Waals surface area contributed by atoms with E-state index >= 15 is 0 Å². The fraction of sp³-hybridized carbons (Fsp3) is 0.270. The maximum Gasteiger partial charge on any atom is 0.121 e. The molecule has 0 unspecified atom stereocenters. The molecule has 43 heavy (non-hydrogen) atoms. The van der Waals surface area contributed by atoms with E-state index in [1.165, 1.54) is 16.7 Å². The predicted octanol–water partition coefficient (Wildman–Crippen LogP) is 9.14. The Morgan fingerprint density at radius 1 is 0.860 bits per heavy atom. The molecule has 0 saturated carbocycles. The molecular formula is C37H39IrN3OSi-2. The minimum absolute atomic E-state index is 0. The number of pyridine rings is 3. The Balaban J connectivity index is 0.000000238. The number of hydrogen-bond acceptors (Lipinski definition) is 4. The first kappa shape index (κ1) is 32.5. The summed E-state index contributed by atoms with van der Waals surface area (Å²) < 4.78 is 6.33. The van der Waals surface area contributed by atoms with Crippen LogP contribution in [-0.2, 0) is 26.5 Å². The molecule has 0 atom stereocenters. The van der Waals surface area contributed by atoms with Gasteiger partial charge in [0.2, 0.25) is 0 Å². The van der Waals surface area contributed by atoms with Crippen molar-refractivity contribution in [3.05, 3.63) is 108 Å². The van der Waals surface area contributed by atoms with Crippen molar-refractivity contribution >= 4 is 35.3 Å². The molecule has 6 aromatic rings. The van der Waals surface area contributed by atoms with Crippen LogP contribution in [-0.4, -0.2) is 23.0 Å². The molecule has 4 nitrogen and oxygen atoms in total. The molecule has 0 amide bonds. The molecule has 6 rings (SSSR count). The smallest absolute Gasteiger partial charge is 0.121 e. The van der Waals surface area contributed by atoms with Crippen LogP contribution in [0.2, 0.25) is 19.6 Å². The van der Waals surface area contributed by atoms with Gasteiger partial charge in [0.05, 0.1) is 13.7 Å². The zero-order valence-electron chi connectivity index (χ0n) is 26.3. The second-order valence-corrected chi connectivity index (χ2v) is 18.2. The molecule has 0 aliphatic rings. The van der Waals surface area contributed by atoms with Gasteiger partial charge in [-0.1, -0.05) is 87.4 Å². The van der Waals surface area contributed by atoms with Crippen molar-refractivity contribution < 1.29 is 24.5 Å². The van der Waals surface area contributed by atoms with Gasteiger partial charge in [-0.2, -0.15) is 0 Å². The number of aryl methyl sites for hydroxylation is 2. The molecule has 4 aromatic heterocycles. The fourth-order valence-electron chi connectivity index (χ4n) is 5.05. The zero-order chi connectivity index (χ0) is 30.1. The number of rotatable bonds is 4. The Labute approximate surface area is 270 Å². The summed E-state index contributed by atoms with van der Waals surface area (Å²) in [5.74, 6) is 0. The van der Waals surface area contributed by atoms with E-state index in [9.17, 15) is 0 Å². The van der Waals surface area contributed by atoms with Gasteiger partial charge >= 0.3 is 0 Å². The summed E-state index contributed by atoms with van der Waals surface area (Å²) in [5.41, 5.74) is 9.51. The number of hydrogen-bond donors (Lipinski definition) is 0. The number of para-hydroxylation sites is 1. The van der Waals surface area contributed by atoms with Gasteiger partial charge in [0.25, 0.3) is 0 Å². The summed E-state index contributed by atoms with van der Waals surface area (Å²) in [4.78, 5) is 13.8. The van der Waals surface area contributed by atoms with E-state index in [0.29, 0.717) is 0 Å². The molecular weight excluding hydrogens is 723 g/mol. The van der Waals surface area contributed by atoms with Crippen LogP contribution in [0.5, 0.6) is 0 Å². The molecule has 223 valence electrons. The van der Waals surface area contributed by atoms with E-state index in [2.05, 4.69) is 107 Å². The van der Waals surface area contributed by atoms with Crippen LogP contribution in [0.25, 0.3) is 44.5 Å². The van der Waals surface area contributed by atoms with Crippen LogP contribution in [0.3, 0.4) is 0 Å². The molecule has 0 N–H and O–H groups in total. The second kappa shape index (κ2) is 13.0. The van der Waals surface area contributed by atoms with E-state index in [1.807, 2.05) is 48.8 Å². The van der Waals surface area contributed by atoms with Gasteiger partial charge in [0.15, 0.2) is 0 Å². The molecule has 1 radical (unpaired) electrons. The van der Waals surface area contributed by atoms with Crippen LogP contribution < -0.4 is 5.32 Å². The largest absolute Gasteiger partial charge is 0.500 e. The topological polar surface area (TPSA) is 51.8 Å². The second-order valence-electron chi connectivity index (χ2n) is 13.2. The average Bonchev–Trinajstić information content (AvgIpc) is 3.33. The van der Waals surface area contributed by atoms with Gasteiger partial charge in [0, 0.05) is 37.9 Å². The van der Waals surface area contributed by atoms with Gasteiger partial charge < -0.3 is 19.4 Å². The molecule has 0 aliphatic carbocycles. The third-order valence-electron chi connectivity index (χ3n) is 7.22. The van der Waals surface area contributed by atoms with E-state index in [4.69, 9.17) is 9.40 Å². The van der Waals surface area contributed by atoms with Crippen LogP contribution in [0.1, 0.15) is 37.5 Å². The molecule has 4 heterocycles. The number of furan rings is 1. The first-order chi connectivity index (χ1) is 19.9. The van der Waals surface area contributed by atoms with E-state index < -0.39 is 8.07 Å². The van der Waals surface area contributed by atoms with Crippen molar-refractivity contribution in [2.75, 3.05) is 0 Å². The summed E-state index contributed by atoms with van der Waals surface area (Å²) in [5, 5.41) is 3.40. The van der Waals surface area contributed by atoms with Crippen molar-refractivity contribution in [2.24, 2.45) is 5.41 Å². The maximum atomic E-state index is 6.33. The first-order valence-electron chi connectivity index (χ1n) is 14.5. The Bertz CT molecular complexity index is 1850. The molecule has 0 aliphatic heterocycles. The quantitative estimate of drug-likeness (QED) is 0.133. The van der Waals surface area contributed by atoms with Gasteiger partial charge in [-0.05, 0) is 71.7 Å². The molecule has 2 aromatic carbocycles. The maximum absolute atomic E-state index is 6.33. The molecule has 0 saturated heterocycles. The van der Waals surface area contributed by atoms with Gasteiger partial charge in [0.1, 0.15) is 5.58 Å². The average molecular weight is 762 g/mol. The number of nitrogens with zero attached hydrogens (tertiary/aromatic N) is 3. The SMILES string of the molecule is CC(C)(C)Cc1ccnc(-c2[c-]nc([Si](C)(C)C)c3c2oc2ccccc23)c1.Cc1cnc(-c2[c-]cccc2)cc1C.[Ir]. The fourth-order valence-corrected chi connectivity index (χ4v) is 6.44. The zero-order valence-corrected chi connectivity index (χ0v) is 29.7. The van der Waals surface area contributed by atoms with Gasteiger partial charge in [-0.15, -0.1) is 35.9 Å². The van der Waals surface area contributed by atoms with E-state index in [1.54, 1.807) is 0 Å². The van der Waals surface area contributed by atoms with Gasteiger partial charge in [-0.25, -0.2) is 0 Å². The Kier molecular flexibility index (Phi) is 9.85. The van der Waals surface area contributed by atoms with Crippen molar-refractivity contribution in [3.8, 4) is 22.5 Å². The molecule has 0 bridgehead atoms. The molecule has 0 spiro atoms. The normalized spacial score (nSPS) is 11.6. The van der Waals surface area contributed by atoms with Crippen LogP contribution in [0, 0.1) is 31.5 Å². The molecule has 0 fully saturated rings. The number of aromatic nitrogens is 3. The standard InChI is InChI=1S/C24H27N2OSi.C13H12N.Ir/c1-24(2,3)14-16-11-12-25-19(13-16)18-15-26-23(28(4,5)6)21-17-9-7-8-10-20(17)27-22(18)21;1-10-8-13(14-9-11(10)2)12-6-4-3-5-7-12;/h7-13H,14H2,1-6H3;3-6,8-9H,1-2H3;/q2*-1;.